The van der Waals surface area contributed by atoms with Crippen molar-refractivity contribution < 1.29 is 9.59 Å². The Hall–Kier alpha value is -3.28. The molecule has 0 saturated carbocycles. The number of amides is 2. The quantitative estimate of drug-likeness (QED) is 0.754. The van der Waals surface area contributed by atoms with E-state index in [1.807, 2.05) is 29.2 Å². The summed E-state index contributed by atoms with van der Waals surface area (Å²) in [7, 11) is 0. The molecule has 142 valence electrons. The highest BCUT2D eigenvalue weighted by atomic mass is 16.2. The van der Waals surface area contributed by atoms with Crippen LogP contribution in [-0.2, 0) is 0 Å². The van der Waals surface area contributed by atoms with Gasteiger partial charge in [0.1, 0.15) is 11.4 Å². The molecule has 0 unspecified atom stereocenters. The second kappa shape index (κ2) is 8.17. The lowest BCUT2D eigenvalue weighted by atomic mass is 10.2. The SMILES string of the molecule is O=C(Nc1cccc2cccnc12)c1cccc(C(=O)N2CCCCCC2)n1. The van der Waals surface area contributed by atoms with E-state index < -0.39 is 0 Å². The monoisotopic (exact) mass is 374 g/mol. The first-order chi connectivity index (χ1) is 13.7. The third-order valence-electron chi connectivity index (χ3n) is 4.98. The van der Waals surface area contributed by atoms with E-state index in [4.69, 9.17) is 0 Å². The fraction of sp³-hybridized carbons (Fsp3) is 0.273. The smallest absolute Gasteiger partial charge is 0.274 e. The van der Waals surface area contributed by atoms with E-state index >= 15 is 0 Å². The Morgan fingerprint density at radius 3 is 2.39 bits per heavy atom. The van der Waals surface area contributed by atoms with Gasteiger partial charge in [-0.2, -0.15) is 0 Å². The molecule has 1 aliphatic heterocycles. The van der Waals surface area contributed by atoms with Crippen LogP contribution in [0.25, 0.3) is 10.9 Å². The number of hydrogen-bond acceptors (Lipinski definition) is 4. The van der Waals surface area contributed by atoms with Gasteiger partial charge in [-0.25, -0.2) is 4.98 Å². The standard InChI is InChI=1S/C22H22N4O2/c27-21(25-17-10-5-8-16-9-7-13-23-20(16)17)18-11-6-12-19(24-18)22(28)26-14-3-1-2-4-15-26/h5-13H,1-4,14-15H2,(H,25,27). The van der Waals surface area contributed by atoms with E-state index in [0.717, 1.165) is 49.7 Å². The minimum absolute atomic E-state index is 0.108. The number of likely N-dealkylation sites (tertiary alicyclic amines) is 1. The van der Waals surface area contributed by atoms with Crippen molar-refractivity contribution in [2.45, 2.75) is 25.7 Å². The van der Waals surface area contributed by atoms with Gasteiger partial charge in [0.15, 0.2) is 0 Å². The summed E-state index contributed by atoms with van der Waals surface area (Å²) in [5, 5.41) is 3.81. The molecule has 1 saturated heterocycles. The molecule has 0 bridgehead atoms. The summed E-state index contributed by atoms with van der Waals surface area (Å²) in [6.45, 7) is 1.50. The van der Waals surface area contributed by atoms with Crippen molar-refractivity contribution in [3.05, 3.63) is 66.1 Å². The van der Waals surface area contributed by atoms with Gasteiger partial charge in [0.2, 0.25) is 0 Å². The molecule has 4 rings (SSSR count). The van der Waals surface area contributed by atoms with Crippen LogP contribution >= 0.6 is 0 Å². The third-order valence-corrected chi connectivity index (χ3v) is 4.98. The second-order valence-corrected chi connectivity index (χ2v) is 6.95. The average molecular weight is 374 g/mol. The molecule has 28 heavy (non-hydrogen) atoms. The Kier molecular flexibility index (Phi) is 5.28. The fourth-order valence-corrected chi connectivity index (χ4v) is 3.51. The van der Waals surface area contributed by atoms with E-state index in [-0.39, 0.29) is 17.5 Å². The van der Waals surface area contributed by atoms with Crippen LogP contribution in [0.5, 0.6) is 0 Å². The Morgan fingerprint density at radius 2 is 1.57 bits per heavy atom. The van der Waals surface area contributed by atoms with Gasteiger partial charge in [-0.3, -0.25) is 14.6 Å². The summed E-state index contributed by atoms with van der Waals surface area (Å²) < 4.78 is 0. The Balaban J connectivity index is 1.55. The van der Waals surface area contributed by atoms with Gasteiger partial charge in [0, 0.05) is 24.7 Å². The summed E-state index contributed by atoms with van der Waals surface area (Å²) in [4.78, 5) is 36.0. The van der Waals surface area contributed by atoms with Crippen molar-refractivity contribution in [2.24, 2.45) is 0 Å². The lowest BCUT2D eigenvalue weighted by Gasteiger charge is -2.19. The van der Waals surface area contributed by atoms with Crippen molar-refractivity contribution in [2.75, 3.05) is 18.4 Å². The topological polar surface area (TPSA) is 75.2 Å². The van der Waals surface area contributed by atoms with Crippen LogP contribution in [0, 0.1) is 0 Å². The number of aromatic nitrogens is 2. The largest absolute Gasteiger partial charge is 0.337 e. The number of hydrogen-bond donors (Lipinski definition) is 1. The zero-order valence-electron chi connectivity index (χ0n) is 15.6. The van der Waals surface area contributed by atoms with Crippen LogP contribution in [0.15, 0.2) is 54.7 Å². The predicted molar refractivity (Wildman–Crippen MR) is 108 cm³/mol. The van der Waals surface area contributed by atoms with Gasteiger partial charge < -0.3 is 10.2 Å². The van der Waals surface area contributed by atoms with Crippen LogP contribution in [0.4, 0.5) is 5.69 Å². The van der Waals surface area contributed by atoms with Crippen molar-refractivity contribution in [1.29, 1.82) is 0 Å². The Morgan fingerprint density at radius 1 is 0.857 bits per heavy atom. The maximum absolute atomic E-state index is 12.8. The van der Waals surface area contributed by atoms with Crippen molar-refractivity contribution in [3.63, 3.8) is 0 Å². The number of pyridine rings is 2. The van der Waals surface area contributed by atoms with Crippen LogP contribution in [-0.4, -0.2) is 39.8 Å². The van der Waals surface area contributed by atoms with E-state index in [2.05, 4.69) is 15.3 Å². The van der Waals surface area contributed by atoms with Crippen molar-refractivity contribution >= 4 is 28.4 Å². The van der Waals surface area contributed by atoms with E-state index in [0.29, 0.717) is 11.4 Å². The summed E-state index contributed by atoms with van der Waals surface area (Å²) in [5.41, 5.74) is 1.86. The lowest BCUT2D eigenvalue weighted by Crippen LogP contribution is -2.32. The molecule has 2 amide bonds. The molecule has 1 N–H and O–H groups in total. The van der Waals surface area contributed by atoms with Crippen LogP contribution < -0.4 is 5.32 Å². The zero-order chi connectivity index (χ0) is 19.3. The second-order valence-electron chi connectivity index (χ2n) is 6.95. The number of fused-ring (bicyclic) bond motifs is 1. The number of rotatable bonds is 3. The van der Waals surface area contributed by atoms with Crippen molar-refractivity contribution in [3.8, 4) is 0 Å². The minimum atomic E-state index is -0.358. The molecule has 6 heteroatoms. The van der Waals surface area contributed by atoms with Crippen molar-refractivity contribution in [1.82, 2.24) is 14.9 Å². The number of carbonyl (C=O) groups is 2. The minimum Gasteiger partial charge on any atom is -0.337 e. The fourth-order valence-electron chi connectivity index (χ4n) is 3.51. The highest BCUT2D eigenvalue weighted by Crippen LogP contribution is 2.21. The van der Waals surface area contributed by atoms with Gasteiger partial charge in [0.25, 0.3) is 11.8 Å². The van der Waals surface area contributed by atoms with Crippen LogP contribution in [0.3, 0.4) is 0 Å². The molecule has 1 aromatic carbocycles. The summed E-state index contributed by atoms with van der Waals surface area (Å²) in [5.74, 6) is -0.466. The molecule has 3 aromatic rings. The number of benzene rings is 1. The highest BCUT2D eigenvalue weighted by molar-refractivity contribution is 6.07. The first-order valence-electron chi connectivity index (χ1n) is 9.64. The Bertz CT molecular complexity index is 1000. The summed E-state index contributed by atoms with van der Waals surface area (Å²) >= 11 is 0. The van der Waals surface area contributed by atoms with Gasteiger partial charge in [-0.1, -0.05) is 37.1 Å². The number of carbonyl (C=O) groups excluding carboxylic acids is 2. The molecule has 0 radical (unpaired) electrons. The third kappa shape index (κ3) is 3.86. The predicted octanol–water partition coefficient (Wildman–Crippen LogP) is 3.90. The molecular formula is C22H22N4O2. The van der Waals surface area contributed by atoms with E-state index in [1.54, 1.807) is 30.5 Å². The van der Waals surface area contributed by atoms with Gasteiger partial charge in [-0.15, -0.1) is 0 Å². The molecule has 1 fully saturated rings. The Labute approximate surface area is 163 Å². The van der Waals surface area contributed by atoms with E-state index in [1.165, 1.54) is 0 Å². The zero-order valence-corrected chi connectivity index (χ0v) is 15.6. The molecule has 2 aromatic heterocycles. The van der Waals surface area contributed by atoms with E-state index in [9.17, 15) is 9.59 Å². The van der Waals surface area contributed by atoms with Gasteiger partial charge >= 0.3 is 0 Å². The average Bonchev–Trinajstić information content (AvgIpc) is 3.03. The lowest BCUT2D eigenvalue weighted by molar-refractivity contribution is 0.0755. The molecule has 1 aliphatic rings. The summed E-state index contributed by atoms with van der Waals surface area (Å²) in [6, 6.07) is 14.4. The van der Waals surface area contributed by atoms with Crippen LogP contribution in [0.1, 0.15) is 46.7 Å². The molecule has 0 atom stereocenters. The highest BCUT2D eigenvalue weighted by Gasteiger charge is 2.20. The number of anilines is 1. The first kappa shape index (κ1) is 18.1. The maximum Gasteiger partial charge on any atom is 0.274 e. The first-order valence-corrected chi connectivity index (χ1v) is 9.64. The molecule has 0 spiro atoms. The number of nitrogens with zero attached hydrogens (tertiary/aromatic N) is 3. The number of nitrogens with one attached hydrogen (secondary N) is 1. The molecule has 6 nitrogen and oxygen atoms in total. The normalized spacial score (nSPS) is 14.5. The molecular weight excluding hydrogens is 352 g/mol. The van der Waals surface area contributed by atoms with Gasteiger partial charge in [-0.05, 0) is 37.1 Å². The molecule has 3 heterocycles. The maximum atomic E-state index is 12.8. The summed E-state index contributed by atoms with van der Waals surface area (Å²) in [6.07, 6.45) is 6.02. The molecule has 0 aliphatic carbocycles. The van der Waals surface area contributed by atoms with Crippen LogP contribution in [0.2, 0.25) is 0 Å². The van der Waals surface area contributed by atoms with Gasteiger partial charge in [0.05, 0.1) is 11.2 Å². The number of para-hydroxylation sites is 1.